The van der Waals surface area contributed by atoms with Gasteiger partial charge in [-0.25, -0.2) is 9.97 Å². The fourth-order valence-corrected chi connectivity index (χ4v) is 4.86. The SMILES string of the molecule is CCc1nc(SCC(=O)c2cc(OC)ccc2OC)c2c(C)c(C)sc2n1. The molecule has 0 aliphatic heterocycles. The number of nitrogens with zero attached hydrogens (tertiary/aromatic N) is 2. The molecule has 0 unspecified atom stereocenters. The maximum Gasteiger partial charge on any atom is 0.176 e. The first-order valence-electron chi connectivity index (χ1n) is 8.63. The lowest BCUT2D eigenvalue weighted by Crippen LogP contribution is -2.06. The van der Waals surface area contributed by atoms with Gasteiger partial charge in [-0.3, -0.25) is 4.79 Å². The molecule has 0 spiro atoms. The van der Waals surface area contributed by atoms with E-state index in [2.05, 4.69) is 23.8 Å². The summed E-state index contributed by atoms with van der Waals surface area (Å²) in [6, 6.07) is 5.25. The highest BCUT2D eigenvalue weighted by molar-refractivity contribution is 8.00. The number of carbonyl (C=O) groups excluding carboxylic acids is 1. The Kier molecular flexibility index (Phi) is 6.01. The van der Waals surface area contributed by atoms with Crippen molar-refractivity contribution in [2.45, 2.75) is 32.2 Å². The lowest BCUT2D eigenvalue weighted by Gasteiger charge is -2.10. The molecule has 1 aromatic carbocycles. The minimum Gasteiger partial charge on any atom is -0.497 e. The second kappa shape index (κ2) is 8.27. The lowest BCUT2D eigenvalue weighted by molar-refractivity contribution is 0.101. The Hall–Kier alpha value is -2.12. The molecule has 0 aliphatic rings. The molecule has 142 valence electrons. The smallest absolute Gasteiger partial charge is 0.176 e. The van der Waals surface area contributed by atoms with Gasteiger partial charge in [-0.1, -0.05) is 18.7 Å². The van der Waals surface area contributed by atoms with Crippen molar-refractivity contribution >= 4 is 39.1 Å². The van der Waals surface area contributed by atoms with Crippen LogP contribution in [0.1, 0.15) is 33.5 Å². The highest BCUT2D eigenvalue weighted by atomic mass is 32.2. The first-order valence-corrected chi connectivity index (χ1v) is 10.4. The number of Topliss-reactive ketones (excluding diaryl/α,β-unsaturated/α-hetero) is 1. The first-order chi connectivity index (χ1) is 13.0. The number of ether oxygens (including phenoxy) is 2. The minimum atomic E-state index is -0.0230. The molecule has 7 heteroatoms. The van der Waals surface area contributed by atoms with E-state index >= 15 is 0 Å². The van der Waals surface area contributed by atoms with Gasteiger partial charge in [-0.15, -0.1) is 11.3 Å². The maximum atomic E-state index is 12.8. The Labute approximate surface area is 167 Å². The molecule has 27 heavy (non-hydrogen) atoms. The number of fused-ring (bicyclic) bond motifs is 1. The molecule has 2 aromatic heterocycles. The largest absolute Gasteiger partial charge is 0.497 e. The summed E-state index contributed by atoms with van der Waals surface area (Å²) in [5.74, 6) is 2.23. The number of aryl methyl sites for hydroxylation is 3. The monoisotopic (exact) mass is 402 g/mol. The molecular formula is C20H22N2O3S2. The molecule has 2 heterocycles. The van der Waals surface area contributed by atoms with Gasteiger partial charge in [0, 0.05) is 16.7 Å². The Morgan fingerprint density at radius 3 is 2.63 bits per heavy atom. The van der Waals surface area contributed by atoms with Gasteiger partial charge in [-0.05, 0) is 37.6 Å². The highest BCUT2D eigenvalue weighted by Crippen LogP contribution is 2.36. The average molecular weight is 403 g/mol. The Balaban J connectivity index is 1.92. The molecular weight excluding hydrogens is 380 g/mol. The van der Waals surface area contributed by atoms with Crippen molar-refractivity contribution < 1.29 is 14.3 Å². The van der Waals surface area contributed by atoms with E-state index in [4.69, 9.17) is 9.47 Å². The molecule has 0 amide bonds. The number of methoxy groups -OCH3 is 2. The predicted molar refractivity (Wildman–Crippen MR) is 111 cm³/mol. The molecule has 5 nitrogen and oxygen atoms in total. The molecule has 0 N–H and O–H groups in total. The molecule has 0 fully saturated rings. The number of benzene rings is 1. The van der Waals surface area contributed by atoms with E-state index in [-0.39, 0.29) is 11.5 Å². The van der Waals surface area contributed by atoms with Gasteiger partial charge >= 0.3 is 0 Å². The number of rotatable bonds is 7. The second-order valence-electron chi connectivity index (χ2n) is 6.04. The molecule has 3 rings (SSSR count). The van der Waals surface area contributed by atoms with Gasteiger partial charge in [0.05, 0.1) is 25.5 Å². The molecule has 0 aliphatic carbocycles. The highest BCUT2D eigenvalue weighted by Gasteiger charge is 2.18. The van der Waals surface area contributed by atoms with E-state index in [0.717, 1.165) is 27.5 Å². The van der Waals surface area contributed by atoms with E-state index < -0.39 is 0 Å². The molecule has 0 saturated heterocycles. The average Bonchev–Trinajstić information content (AvgIpc) is 2.98. The topological polar surface area (TPSA) is 61.3 Å². The van der Waals surface area contributed by atoms with Gasteiger partial charge in [-0.2, -0.15) is 0 Å². The van der Waals surface area contributed by atoms with Crippen LogP contribution in [-0.4, -0.2) is 35.7 Å². The van der Waals surface area contributed by atoms with Crippen molar-refractivity contribution in [1.82, 2.24) is 9.97 Å². The second-order valence-corrected chi connectivity index (χ2v) is 8.21. The van der Waals surface area contributed by atoms with Crippen LogP contribution in [0.5, 0.6) is 11.5 Å². The summed E-state index contributed by atoms with van der Waals surface area (Å²) < 4.78 is 10.6. The first kappa shape index (κ1) is 19.6. The fraction of sp³-hybridized carbons (Fsp3) is 0.350. The number of ketones is 1. The molecule has 0 atom stereocenters. The van der Waals surface area contributed by atoms with Crippen LogP contribution < -0.4 is 9.47 Å². The normalized spacial score (nSPS) is 11.0. The summed E-state index contributed by atoms with van der Waals surface area (Å²) in [5.41, 5.74) is 1.70. The molecule has 0 bridgehead atoms. The Morgan fingerprint density at radius 1 is 1.19 bits per heavy atom. The Morgan fingerprint density at radius 2 is 1.96 bits per heavy atom. The van der Waals surface area contributed by atoms with Gasteiger partial charge in [0.15, 0.2) is 5.78 Å². The van der Waals surface area contributed by atoms with Crippen molar-refractivity contribution in [1.29, 1.82) is 0 Å². The maximum absolute atomic E-state index is 12.8. The van der Waals surface area contributed by atoms with Crippen LogP contribution in [-0.2, 0) is 6.42 Å². The molecule has 0 radical (unpaired) electrons. The summed E-state index contributed by atoms with van der Waals surface area (Å²) in [6.07, 6.45) is 0.761. The third kappa shape index (κ3) is 3.94. The van der Waals surface area contributed by atoms with Crippen molar-refractivity contribution in [3.63, 3.8) is 0 Å². The lowest BCUT2D eigenvalue weighted by atomic mass is 10.1. The summed E-state index contributed by atoms with van der Waals surface area (Å²) in [4.78, 5) is 24.4. The number of thiophene rings is 1. The minimum absolute atomic E-state index is 0.0230. The van der Waals surface area contributed by atoms with Gasteiger partial charge in [0.25, 0.3) is 0 Å². The van der Waals surface area contributed by atoms with Crippen LogP contribution in [0.4, 0.5) is 0 Å². The summed E-state index contributed by atoms with van der Waals surface area (Å²) in [7, 11) is 3.14. The van der Waals surface area contributed by atoms with Crippen molar-refractivity contribution in [3.05, 3.63) is 40.0 Å². The molecule has 0 saturated carbocycles. The van der Waals surface area contributed by atoms with E-state index in [1.165, 1.54) is 22.2 Å². The van der Waals surface area contributed by atoms with Crippen LogP contribution in [0.3, 0.4) is 0 Å². The van der Waals surface area contributed by atoms with Crippen LogP contribution >= 0.6 is 23.1 Å². The van der Waals surface area contributed by atoms with Gasteiger partial charge in [0.1, 0.15) is 27.2 Å². The van der Waals surface area contributed by atoms with Crippen LogP contribution in [0.2, 0.25) is 0 Å². The Bertz CT molecular complexity index is 999. The van der Waals surface area contributed by atoms with E-state index in [0.29, 0.717) is 17.1 Å². The third-order valence-corrected chi connectivity index (χ3v) is 6.48. The van der Waals surface area contributed by atoms with Crippen LogP contribution in [0, 0.1) is 13.8 Å². The molecule has 3 aromatic rings. The number of aromatic nitrogens is 2. The summed E-state index contributed by atoms with van der Waals surface area (Å²) in [6.45, 7) is 6.21. The van der Waals surface area contributed by atoms with E-state index in [1.54, 1.807) is 43.8 Å². The number of thioether (sulfide) groups is 1. The van der Waals surface area contributed by atoms with Gasteiger partial charge < -0.3 is 9.47 Å². The zero-order valence-corrected chi connectivity index (χ0v) is 17.7. The van der Waals surface area contributed by atoms with Crippen molar-refractivity contribution in [2.75, 3.05) is 20.0 Å². The number of carbonyl (C=O) groups is 1. The van der Waals surface area contributed by atoms with Crippen LogP contribution in [0.15, 0.2) is 23.2 Å². The fourth-order valence-electron chi connectivity index (χ4n) is 2.76. The number of hydrogen-bond donors (Lipinski definition) is 0. The third-order valence-electron chi connectivity index (χ3n) is 4.41. The summed E-state index contributed by atoms with van der Waals surface area (Å²) >= 11 is 3.13. The van der Waals surface area contributed by atoms with Crippen molar-refractivity contribution in [2.24, 2.45) is 0 Å². The number of hydrogen-bond acceptors (Lipinski definition) is 7. The summed E-state index contributed by atoms with van der Waals surface area (Å²) in [5, 5.41) is 1.93. The van der Waals surface area contributed by atoms with Crippen molar-refractivity contribution in [3.8, 4) is 11.5 Å². The predicted octanol–water partition coefficient (Wildman–Crippen LogP) is 4.86. The van der Waals surface area contributed by atoms with Crippen LogP contribution in [0.25, 0.3) is 10.2 Å². The zero-order chi connectivity index (χ0) is 19.6. The standard InChI is InChI=1S/C20H22N2O3S2/c1-6-17-21-19(18-11(2)12(3)27-20(18)22-17)26-10-15(23)14-9-13(24-4)7-8-16(14)25-5/h7-9H,6,10H2,1-5H3. The van der Waals surface area contributed by atoms with Gasteiger partial charge in [0.2, 0.25) is 0 Å². The zero-order valence-electron chi connectivity index (χ0n) is 16.1. The van der Waals surface area contributed by atoms with E-state index in [9.17, 15) is 4.79 Å². The quantitative estimate of drug-likeness (QED) is 0.319. The van der Waals surface area contributed by atoms with E-state index in [1.807, 2.05) is 6.92 Å².